The number of anilines is 1. The molecule has 0 bridgehead atoms. The molecule has 2 rings (SSSR count). The van der Waals surface area contributed by atoms with Gasteiger partial charge >= 0.3 is 0 Å². The maximum atomic E-state index is 5.37. The molecule has 0 aliphatic rings. The normalized spacial score (nSPS) is 10.4. The third-order valence-corrected chi connectivity index (χ3v) is 2.88. The van der Waals surface area contributed by atoms with Gasteiger partial charge in [0.2, 0.25) is 0 Å². The molecular formula is C14H18N2O2. The van der Waals surface area contributed by atoms with E-state index in [0.717, 1.165) is 40.3 Å². The summed E-state index contributed by atoms with van der Waals surface area (Å²) in [6.07, 6.45) is 0. The first-order valence-electron chi connectivity index (χ1n) is 5.97. The van der Waals surface area contributed by atoms with Crippen LogP contribution >= 0.6 is 0 Å². The van der Waals surface area contributed by atoms with E-state index in [-0.39, 0.29) is 0 Å². The lowest BCUT2D eigenvalue weighted by molar-refractivity contribution is 0.410. The number of aryl methyl sites for hydroxylation is 1. The van der Waals surface area contributed by atoms with Crippen molar-refractivity contribution < 1.29 is 9.47 Å². The van der Waals surface area contributed by atoms with E-state index in [1.54, 1.807) is 14.2 Å². The van der Waals surface area contributed by atoms with Gasteiger partial charge in [-0.25, -0.2) is 4.98 Å². The Balaban J connectivity index is 2.72. The summed E-state index contributed by atoms with van der Waals surface area (Å²) < 4.78 is 10.7. The molecule has 0 aliphatic carbocycles. The summed E-state index contributed by atoms with van der Waals surface area (Å²) in [5.74, 6) is 2.45. The first-order chi connectivity index (χ1) is 8.71. The van der Waals surface area contributed by atoms with Crippen molar-refractivity contribution in [3.63, 3.8) is 0 Å². The van der Waals surface area contributed by atoms with E-state index in [0.29, 0.717) is 0 Å². The highest BCUT2D eigenvalue weighted by atomic mass is 16.5. The number of pyridine rings is 1. The number of hydrogen-bond donors (Lipinski definition) is 1. The Morgan fingerprint density at radius 1 is 1.17 bits per heavy atom. The van der Waals surface area contributed by atoms with Gasteiger partial charge in [-0.2, -0.15) is 0 Å². The maximum Gasteiger partial charge on any atom is 0.145 e. The van der Waals surface area contributed by atoms with Crippen LogP contribution in [-0.2, 0) is 0 Å². The van der Waals surface area contributed by atoms with Crippen LogP contribution in [0.25, 0.3) is 10.9 Å². The van der Waals surface area contributed by atoms with Crippen LogP contribution < -0.4 is 14.8 Å². The predicted octanol–water partition coefficient (Wildman–Crippen LogP) is 2.99. The third kappa shape index (κ3) is 2.06. The van der Waals surface area contributed by atoms with Gasteiger partial charge in [0, 0.05) is 11.9 Å². The van der Waals surface area contributed by atoms with Crippen molar-refractivity contribution >= 4 is 16.7 Å². The monoisotopic (exact) mass is 246 g/mol. The van der Waals surface area contributed by atoms with Gasteiger partial charge in [0.25, 0.3) is 0 Å². The smallest absolute Gasteiger partial charge is 0.145 e. The minimum Gasteiger partial charge on any atom is -0.496 e. The second-order valence-corrected chi connectivity index (χ2v) is 4.05. The second-order valence-electron chi connectivity index (χ2n) is 4.05. The Morgan fingerprint density at radius 2 is 1.83 bits per heavy atom. The molecule has 1 aromatic heterocycles. The van der Waals surface area contributed by atoms with Gasteiger partial charge in [-0.05, 0) is 37.6 Å². The lowest BCUT2D eigenvalue weighted by atomic mass is 10.1. The predicted molar refractivity (Wildman–Crippen MR) is 73.7 cm³/mol. The van der Waals surface area contributed by atoms with E-state index in [1.165, 1.54) is 0 Å². The topological polar surface area (TPSA) is 43.4 Å². The van der Waals surface area contributed by atoms with Gasteiger partial charge in [0.05, 0.1) is 14.2 Å². The molecule has 1 aromatic carbocycles. The van der Waals surface area contributed by atoms with Crippen molar-refractivity contribution in [3.8, 4) is 11.5 Å². The van der Waals surface area contributed by atoms with Gasteiger partial charge in [-0.1, -0.05) is 0 Å². The van der Waals surface area contributed by atoms with Crippen LogP contribution in [0.3, 0.4) is 0 Å². The van der Waals surface area contributed by atoms with E-state index in [9.17, 15) is 0 Å². The summed E-state index contributed by atoms with van der Waals surface area (Å²) >= 11 is 0. The molecule has 18 heavy (non-hydrogen) atoms. The molecule has 0 saturated carbocycles. The molecule has 0 radical (unpaired) electrons. The zero-order valence-electron chi connectivity index (χ0n) is 11.2. The SMILES string of the molecule is CCNc1nc2c(OC)ccc(OC)c2cc1C. The molecular weight excluding hydrogens is 228 g/mol. The molecule has 1 N–H and O–H groups in total. The van der Waals surface area contributed by atoms with E-state index in [2.05, 4.69) is 16.4 Å². The van der Waals surface area contributed by atoms with Crippen molar-refractivity contribution in [3.05, 3.63) is 23.8 Å². The maximum absolute atomic E-state index is 5.37. The summed E-state index contributed by atoms with van der Waals surface area (Å²) in [6.45, 7) is 4.92. The summed E-state index contributed by atoms with van der Waals surface area (Å²) in [7, 11) is 3.31. The van der Waals surface area contributed by atoms with Crippen LogP contribution in [0.5, 0.6) is 11.5 Å². The van der Waals surface area contributed by atoms with Crippen molar-refractivity contribution in [2.45, 2.75) is 13.8 Å². The fourth-order valence-electron chi connectivity index (χ4n) is 2.00. The van der Waals surface area contributed by atoms with Crippen molar-refractivity contribution in [1.82, 2.24) is 4.98 Å². The van der Waals surface area contributed by atoms with Crippen LogP contribution in [0.15, 0.2) is 18.2 Å². The first-order valence-corrected chi connectivity index (χ1v) is 5.97. The van der Waals surface area contributed by atoms with Crippen LogP contribution in [0.1, 0.15) is 12.5 Å². The molecule has 0 unspecified atom stereocenters. The number of aromatic nitrogens is 1. The number of methoxy groups -OCH3 is 2. The van der Waals surface area contributed by atoms with Crippen LogP contribution in [0.4, 0.5) is 5.82 Å². The van der Waals surface area contributed by atoms with Crippen molar-refractivity contribution in [1.29, 1.82) is 0 Å². The number of nitrogens with zero attached hydrogens (tertiary/aromatic N) is 1. The highest BCUT2D eigenvalue weighted by molar-refractivity contribution is 5.92. The second kappa shape index (κ2) is 5.12. The van der Waals surface area contributed by atoms with Gasteiger partial charge < -0.3 is 14.8 Å². The minimum absolute atomic E-state index is 0.755. The highest BCUT2D eigenvalue weighted by Crippen LogP contribution is 2.33. The van der Waals surface area contributed by atoms with E-state index in [4.69, 9.17) is 9.47 Å². The zero-order chi connectivity index (χ0) is 13.1. The van der Waals surface area contributed by atoms with Gasteiger partial charge in [-0.3, -0.25) is 0 Å². The average molecular weight is 246 g/mol. The zero-order valence-corrected chi connectivity index (χ0v) is 11.2. The van der Waals surface area contributed by atoms with Gasteiger partial charge in [-0.15, -0.1) is 0 Å². The fraction of sp³-hybridized carbons (Fsp3) is 0.357. The first kappa shape index (κ1) is 12.5. The largest absolute Gasteiger partial charge is 0.496 e. The van der Waals surface area contributed by atoms with Crippen molar-refractivity contribution in [2.24, 2.45) is 0 Å². The van der Waals surface area contributed by atoms with Crippen molar-refractivity contribution in [2.75, 3.05) is 26.1 Å². The lowest BCUT2D eigenvalue weighted by Gasteiger charge is -2.13. The van der Waals surface area contributed by atoms with E-state index < -0.39 is 0 Å². The number of nitrogens with one attached hydrogen (secondary N) is 1. The van der Waals surface area contributed by atoms with Crippen LogP contribution in [0.2, 0.25) is 0 Å². The Labute approximate surface area is 107 Å². The molecule has 1 heterocycles. The number of ether oxygens (including phenoxy) is 2. The molecule has 0 aliphatic heterocycles. The Hall–Kier alpha value is -1.97. The molecule has 4 heteroatoms. The third-order valence-electron chi connectivity index (χ3n) is 2.88. The van der Waals surface area contributed by atoms with Crippen LogP contribution in [-0.4, -0.2) is 25.7 Å². The molecule has 0 atom stereocenters. The van der Waals surface area contributed by atoms with Crippen LogP contribution in [0, 0.1) is 6.92 Å². The summed E-state index contributed by atoms with van der Waals surface area (Å²) in [6, 6.07) is 5.84. The summed E-state index contributed by atoms with van der Waals surface area (Å²) in [5, 5.41) is 4.22. The van der Waals surface area contributed by atoms with Gasteiger partial charge in [0.1, 0.15) is 22.8 Å². The molecule has 96 valence electrons. The number of fused-ring (bicyclic) bond motifs is 1. The number of rotatable bonds is 4. The molecule has 4 nitrogen and oxygen atoms in total. The Kier molecular flexibility index (Phi) is 3.55. The molecule has 0 spiro atoms. The minimum atomic E-state index is 0.755. The van der Waals surface area contributed by atoms with E-state index in [1.807, 2.05) is 26.0 Å². The molecule has 0 amide bonds. The molecule has 2 aromatic rings. The van der Waals surface area contributed by atoms with Gasteiger partial charge in [0.15, 0.2) is 0 Å². The summed E-state index contributed by atoms with van der Waals surface area (Å²) in [5.41, 5.74) is 1.91. The average Bonchev–Trinajstić information content (AvgIpc) is 2.39. The lowest BCUT2D eigenvalue weighted by Crippen LogP contribution is -2.02. The highest BCUT2D eigenvalue weighted by Gasteiger charge is 2.11. The number of benzene rings is 1. The summed E-state index contributed by atoms with van der Waals surface area (Å²) in [4.78, 5) is 4.63. The van der Waals surface area contributed by atoms with E-state index >= 15 is 0 Å². The molecule has 0 saturated heterocycles. The Bertz CT molecular complexity index is 567. The molecule has 0 fully saturated rings. The Morgan fingerprint density at radius 3 is 2.44 bits per heavy atom. The standard InChI is InChI=1S/C14H18N2O2/c1-5-15-14-9(2)8-10-11(17-3)6-7-12(18-4)13(10)16-14/h6-8H,5H2,1-4H3,(H,15,16). The number of hydrogen-bond acceptors (Lipinski definition) is 4. The quantitative estimate of drug-likeness (QED) is 0.900. The fourth-order valence-corrected chi connectivity index (χ4v) is 2.00.